The van der Waals surface area contributed by atoms with Gasteiger partial charge in [0, 0.05) is 11.4 Å². The second-order valence-corrected chi connectivity index (χ2v) is 6.54. The Morgan fingerprint density at radius 1 is 0.556 bits per heavy atom. The van der Waals surface area contributed by atoms with Gasteiger partial charge in [0.2, 0.25) is 0 Å². The summed E-state index contributed by atoms with van der Waals surface area (Å²) in [4.78, 5) is 2.24. The maximum atomic E-state index is 6.08. The summed E-state index contributed by atoms with van der Waals surface area (Å²) in [7, 11) is 0. The molecular formula is C24H18N2O. The first-order valence-corrected chi connectivity index (χ1v) is 8.92. The van der Waals surface area contributed by atoms with E-state index >= 15 is 0 Å². The molecule has 4 aromatic carbocycles. The van der Waals surface area contributed by atoms with Crippen molar-refractivity contribution < 1.29 is 4.74 Å². The standard InChI is InChI=1S/C24H18N2O/c25-19-13-9-17(10-14-19)18-11-15-20(16-12-18)26-21-5-1-3-7-23(21)27-24-8-4-2-6-22(24)26/h1-16H,25H2. The molecular weight excluding hydrogens is 332 g/mol. The third kappa shape index (κ3) is 2.70. The van der Waals surface area contributed by atoms with Crippen molar-refractivity contribution in [3.8, 4) is 22.6 Å². The SMILES string of the molecule is Nc1ccc(-c2ccc(N3c4ccccc4Oc4ccccc43)cc2)cc1. The van der Waals surface area contributed by atoms with Gasteiger partial charge in [0.1, 0.15) is 0 Å². The molecule has 0 fully saturated rings. The van der Waals surface area contributed by atoms with Gasteiger partial charge in [0.25, 0.3) is 0 Å². The van der Waals surface area contributed by atoms with Crippen LogP contribution in [-0.4, -0.2) is 0 Å². The van der Waals surface area contributed by atoms with Gasteiger partial charge in [-0.3, -0.25) is 0 Å². The van der Waals surface area contributed by atoms with Crippen molar-refractivity contribution in [3.63, 3.8) is 0 Å². The molecule has 3 heteroatoms. The van der Waals surface area contributed by atoms with E-state index in [0.717, 1.165) is 45.4 Å². The number of benzene rings is 4. The van der Waals surface area contributed by atoms with Gasteiger partial charge in [-0.25, -0.2) is 0 Å². The molecule has 0 amide bonds. The second kappa shape index (κ2) is 6.22. The van der Waals surface area contributed by atoms with Crippen molar-refractivity contribution in [1.82, 2.24) is 0 Å². The first-order valence-electron chi connectivity index (χ1n) is 8.92. The molecule has 4 aromatic rings. The van der Waals surface area contributed by atoms with E-state index in [9.17, 15) is 0 Å². The van der Waals surface area contributed by atoms with E-state index in [1.54, 1.807) is 0 Å². The molecule has 1 heterocycles. The van der Waals surface area contributed by atoms with Crippen LogP contribution in [0.4, 0.5) is 22.7 Å². The molecule has 130 valence electrons. The van der Waals surface area contributed by atoms with Crippen molar-refractivity contribution in [2.75, 3.05) is 10.6 Å². The molecule has 0 spiro atoms. The molecule has 1 aliphatic heterocycles. The summed E-state index contributed by atoms with van der Waals surface area (Å²) < 4.78 is 6.08. The number of rotatable bonds is 2. The third-order valence-corrected chi connectivity index (χ3v) is 4.80. The quantitative estimate of drug-likeness (QED) is 0.369. The Balaban J connectivity index is 1.59. The van der Waals surface area contributed by atoms with Crippen LogP contribution in [0.3, 0.4) is 0 Å². The van der Waals surface area contributed by atoms with Gasteiger partial charge in [-0.1, -0.05) is 48.5 Å². The van der Waals surface area contributed by atoms with E-state index in [0.29, 0.717) is 0 Å². The molecule has 0 aromatic heterocycles. The monoisotopic (exact) mass is 350 g/mol. The van der Waals surface area contributed by atoms with Crippen LogP contribution in [-0.2, 0) is 0 Å². The largest absolute Gasteiger partial charge is 0.453 e. The number of nitrogens with zero attached hydrogens (tertiary/aromatic N) is 1. The van der Waals surface area contributed by atoms with E-state index < -0.39 is 0 Å². The minimum atomic E-state index is 0.775. The van der Waals surface area contributed by atoms with Crippen LogP contribution in [0.5, 0.6) is 11.5 Å². The number of nitrogens with two attached hydrogens (primary N) is 1. The van der Waals surface area contributed by atoms with Crippen molar-refractivity contribution in [2.24, 2.45) is 0 Å². The summed E-state index contributed by atoms with van der Waals surface area (Å²) in [6.07, 6.45) is 0. The summed E-state index contributed by atoms with van der Waals surface area (Å²) in [5.41, 5.74) is 12.1. The van der Waals surface area contributed by atoms with E-state index in [4.69, 9.17) is 10.5 Å². The predicted molar refractivity (Wildman–Crippen MR) is 111 cm³/mol. The minimum absolute atomic E-state index is 0.775. The van der Waals surface area contributed by atoms with Crippen LogP contribution in [0, 0.1) is 0 Å². The van der Waals surface area contributed by atoms with E-state index in [2.05, 4.69) is 41.3 Å². The fourth-order valence-electron chi connectivity index (χ4n) is 3.46. The molecule has 27 heavy (non-hydrogen) atoms. The van der Waals surface area contributed by atoms with Crippen LogP contribution in [0.15, 0.2) is 97.1 Å². The highest BCUT2D eigenvalue weighted by atomic mass is 16.5. The summed E-state index contributed by atoms with van der Waals surface area (Å²) in [5.74, 6) is 1.72. The Hall–Kier alpha value is -3.72. The number of hydrogen-bond donors (Lipinski definition) is 1. The van der Waals surface area contributed by atoms with Crippen LogP contribution >= 0.6 is 0 Å². The van der Waals surface area contributed by atoms with Crippen LogP contribution < -0.4 is 15.4 Å². The second-order valence-electron chi connectivity index (χ2n) is 6.54. The normalized spacial score (nSPS) is 12.1. The van der Waals surface area contributed by atoms with Gasteiger partial charge in [-0.2, -0.15) is 0 Å². The van der Waals surface area contributed by atoms with Crippen LogP contribution in [0.2, 0.25) is 0 Å². The molecule has 1 aliphatic rings. The van der Waals surface area contributed by atoms with Crippen molar-refractivity contribution in [2.45, 2.75) is 0 Å². The molecule has 2 N–H and O–H groups in total. The minimum Gasteiger partial charge on any atom is -0.453 e. The Morgan fingerprint density at radius 2 is 1.04 bits per heavy atom. The zero-order valence-electron chi connectivity index (χ0n) is 14.7. The molecule has 0 saturated carbocycles. The smallest absolute Gasteiger partial charge is 0.151 e. The number of anilines is 4. The van der Waals surface area contributed by atoms with Crippen LogP contribution in [0.25, 0.3) is 11.1 Å². The van der Waals surface area contributed by atoms with Gasteiger partial charge in [0.05, 0.1) is 11.4 Å². The highest BCUT2D eigenvalue weighted by Crippen LogP contribution is 2.50. The fraction of sp³-hybridized carbons (Fsp3) is 0. The Kier molecular flexibility index (Phi) is 3.58. The average molecular weight is 350 g/mol. The lowest BCUT2D eigenvalue weighted by Crippen LogP contribution is -2.15. The molecule has 5 rings (SSSR count). The molecule has 0 radical (unpaired) electrons. The molecule has 0 unspecified atom stereocenters. The lowest BCUT2D eigenvalue weighted by molar-refractivity contribution is 0.477. The van der Waals surface area contributed by atoms with Gasteiger partial charge in [-0.15, -0.1) is 0 Å². The van der Waals surface area contributed by atoms with Crippen molar-refractivity contribution in [1.29, 1.82) is 0 Å². The Morgan fingerprint density at radius 3 is 1.59 bits per heavy atom. The highest BCUT2D eigenvalue weighted by Gasteiger charge is 2.24. The van der Waals surface area contributed by atoms with E-state index in [-0.39, 0.29) is 0 Å². The van der Waals surface area contributed by atoms with Gasteiger partial charge < -0.3 is 15.4 Å². The first kappa shape index (κ1) is 15.5. The van der Waals surface area contributed by atoms with Crippen LogP contribution in [0.1, 0.15) is 0 Å². The maximum absolute atomic E-state index is 6.08. The number of fused-ring (bicyclic) bond motifs is 2. The van der Waals surface area contributed by atoms with Crippen molar-refractivity contribution >= 4 is 22.7 Å². The van der Waals surface area contributed by atoms with Gasteiger partial charge in [0.15, 0.2) is 11.5 Å². The molecule has 0 aliphatic carbocycles. The summed E-state index contributed by atoms with van der Waals surface area (Å²) in [6, 6.07) is 32.7. The summed E-state index contributed by atoms with van der Waals surface area (Å²) in [6.45, 7) is 0. The average Bonchev–Trinajstić information content (AvgIpc) is 2.73. The van der Waals surface area contributed by atoms with Crippen molar-refractivity contribution in [3.05, 3.63) is 97.1 Å². The number of hydrogen-bond acceptors (Lipinski definition) is 3. The van der Waals surface area contributed by atoms with Gasteiger partial charge in [-0.05, 0) is 59.7 Å². The number of nitrogen functional groups attached to an aromatic ring is 1. The van der Waals surface area contributed by atoms with E-state index in [1.807, 2.05) is 60.7 Å². The zero-order chi connectivity index (χ0) is 18.2. The third-order valence-electron chi connectivity index (χ3n) is 4.80. The highest BCUT2D eigenvalue weighted by molar-refractivity contribution is 5.86. The number of para-hydroxylation sites is 4. The van der Waals surface area contributed by atoms with E-state index in [1.165, 1.54) is 0 Å². The Bertz CT molecular complexity index is 1060. The molecule has 3 nitrogen and oxygen atoms in total. The molecule has 0 atom stereocenters. The first-order chi connectivity index (χ1) is 13.3. The Labute approximate surface area is 158 Å². The maximum Gasteiger partial charge on any atom is 0.151 e. The predicted octanol–water partition coefficient (Wildman–Crippen LogP) is 6.51. The fourth-order valence-corrected chi connectivity index (χ4v) is 3.46. The lowest BCUT2D eigenvalue weighted by Gasteiger charge is -2.32. The topological polar surface area (TPSA) is 38.5 Å². The lowest BCUT2D eigenvalue weighted by atomic mass is 10.0. The zero-order valence-corrected chi connectivity index (χ0v) is 14.7. The summed E-state index contributed by atoms with van der Waals surface area (Å²) in [5, 5.41) is 0. The summed E-state index contributed by atoms with van der Waals surface area (Å²) >= 11 is 0. The van der Waals surface area contributed by atoms with Gasteiger partial charge >= 0.3 is 0 Å². The molecule has 0 bridgehead atoms. The molecule has 0 saturated heterocycles. The number of ether oxygens (including phenoxy) is 1.